The molecule has 0 atom stereocenters. The van der Waals surface area contributed by atoms with E-state index in [1.165, 1.54) is 0 Å². The van der Waals surface area contributed by atoms with Crippen molar-refractivity contribution in [1.29, 1.82) is 0 Å². The Morgan fingerprint density at radius 1 is 1.12 bits per heavy atom. The molecule has 2 aromatic carbocycles. The van der Waals surface area contributed by atoms with Crippen LogP contribution in [0.2, 0.25) is 0 Å². The van der Waals surface area contributed by atoms with Crippen molar-refractivity contribution in [2.45, 2.75) is 19.9 Å². The molecule has 0 spiro atoms. The van der Waals surface area contributed by atoms with Crippen LogP contribution in [-0.4, -0.2) is 29.6 Å². The van der Waals surface area contributed by atoms with Gasteiger partial charge in [0.1, 0.15) is 5.75 Å². The SMILES string of the molecule is CCN(Cc1ccccc1)C(=O)Cc1cc(-c2cccc(OC)c2)on1. The van der Waals surface area contributed by atoms with Crippen LogP contribution < -0.4 is 4.74 Å². The minimum absolute atomic E-state index is 0.0295. The number of nitrogens with zero attached hydrogens (tertiary/aromatic N) is 2. The number of hydrogen-bond donors (Lipinski definition) is 0. The molecule has 0 saturated carbocycles. The standard InChI is InChI=1S/C21H22N2O3/c1-3-23(15-16-8-5-4-6-9-16)21(24)14-18-13-20(26-22-18)17-10-7-11-19(12-17)25-2/h4-13H,3,14-15H2,1-2H3. The van der Waals surface area contributed by atoms with Crippen LogP contribution in [0.3, 0.4) is 0 Å². The van der Waals surface area contributed by atoms with Crippen LogP contribution in [0.5, 0.6) is 5.75 Å². The van der Waals surface area contributed by atoms with Gasteiger partial charge in [0.05, 0.1) is 19.2 Å². The summed E-state index contributed by atoms with van der Waals surface area (Å²) in [5.74, 6) is 1.40. The first-order valence-electron chi connectivity index (χ1n) is 8.61. The topological polar surface area (TPSA) is 55.6 Å². The van der Waals surface area contributed by atoms with E-state index >= 15 is 0 Å². The van der Waals surface area contributed by atoms with Gasteiger partial charge in [0.15, 0.2) is 5.76 Å². The minimum atomic E-state index is 0.0295. The second-order valence-corrected chi connectivity index (χ2v) is 5.98. The Morgan fingerprint density at radius 2 is 1.92 bits per heavy atom. The molecule has 0 aliphatic carbocycles. The van der Waals surface area contributed by atoms with Crippen molar-refractivity contribution in [3.8, 4) is 17.1 Å². The Balaban J connectivity index is 1.68. The van der Waals surface area contributed by atoms with Crippen LogP contribution in [0.15, 0.2) is 65.2 Å². The van der Waals surface area contributed by atoms with Crippen molar-refractivity contribution in [2.24, 2.45) is 0 Å². The van der Waals surface area contributed by atoms with E-state index in [4.69, 9.17) is 9.26 Å². The maximum atomic E-state index is 12.6. The molecule has 134 valence electrons. The Hall–Kier alpha value is -3.08. The highest BCUT2D eigenvalue weighted by Gasteiger charge is 2.16. The summed E-state index contributed by atoms with van der Waals surface area (Å²) in [4.78, 5) is 14.4. The average Bonchev–Trinajstić information content (AvgIpc) is 3.15. The molecular formula is C21H22N2O3. The molecule has 1 aromatic heterocycles. The Bertz CT molecular complexity index is 858. The number of likely N-dealkylation sites (N-methyl/N-ethyl adjacent to an activating group) is 1. The zero-order valence-electron chi connectivity index (χ0n) is 15.0. The maximum Gasteiger partial charge on any atom is 0.229 e. The number of benzene rings is 2. The van der Waals surface area contributed by atoms with Crippen LogP contribution in [0.1, 0.15) is 18.2 Å². The smallest absolute Gasteiger partial charge is 0.229 e. The number of rotatable bonds is 7. The highest BCUT2D eigenvalue weighted by molar-refractivity contribution is 5.78. The van der Waals surface area contributed by atoms with Crippen molar-refractivity contribution >= 4 is 5.91 Å². The highest BCUT2D eigenvalue weighted by atomic mass is 16.5. The number of carbonyl (C=O) groups is 1. The van der Waals surface area contributed by atoms with Gasteiger partial charge in [0, 0.05) is 24.7 Å². The van der Waals surface area contributed by atoms with Gasteiger partial charge in [0.2, 0.25) is 5.91 Å². The molecule has 0 N–H and O–H groups in total. The van der Waals surface area contributed by atoms with Gasteiger partial charge in [-0.05, 0) is 24.6 Å². The van der Waals surface area contributed by atoms with E-state index in [0.717, 1.165) is 16.9 Å². The molecule has 3 rings (SSSR count). The third kappa shape index (κ3) is 4.30. The first-order chi connectivity index (χ1) is 12.7. The summed E-state index contributed by atoms with van der Waals surface area (Å²) in [5.41, 5.74) is 2.60. The van der Waals surface area contributed by atoms with Gasteiger partial charge < -0.3 is 14.2 Å². The van der Waals surface area contributed by atoms with Gasteiger partial charge in [-0.25, -0.2) is 0 Å². The lowest BCUT2D eigenvalue weighted by molar-refractivity contribution is -0.131. The number of carbonyl (C=O) groups excluding carboxylic acids is 1. The fourth-order valence-electron chi connectivity index (χ4n) is 2.75. The molecule has 1 amide bonds. The van der Waals surface area contributed by atoms with E-state index < -0.39 is 0 Å². The number of methoxy groups -OCH3 is 1. The van der Waals surface area contributed by atoms with E-state index in [1.54, 1.807) is 7.11 Å². The number of amides is 1. The molecule has 26 heavy (non-hydrogen) atoms. The van der Waals surface area contributed by atoms with Crippen molar-refractivity contribution in [3.63, 3.8) is 0 Å². The molecule has 0 aliphatic heterocycles. The average molecular weight is 350 g/mol. The molecule has 0 saturated heterocycles. The van der Waals surface area contributed by atoms with Gasteiger partial charge in [0.25, 0.3) is 0 Å². The summed E-state index contributed by atoms with van der Waals surface area (Å²) in [7, 11) is 1.62. The maximum absolute atomic E-state index is 12.6. The monoisotopic (exact) mass is 350 g/mol. The first-order valence-corrected chi connectivity index (χ1v) is 8.61. The van der Waals surface area contributed by atoms with Crippen molar-refractivity contribution in [3.05, 3.63) is 71.9 Å². The fourth-order valence-corrected chi connectivity index (χ4v) is 2.75. The van der Waals surface area contributed by atoms with Crippen molar-refractivity contribution in [2.75, 3.05) is 13.7 Å². The molecule has 0 radical (unpaired) electrons. The summed E-state index contributed by atoms with van der Waals surface area (Å²) < 4.78 is 10.6. The molecule has 0 bridgehead atoms. The molecule has 1 heterocycles. The van der Waals surface area contributed by atoms with E-state index in [0.29, 0.717) is 24.5 Å². The Labute approximate surface area is 153 Å². The molecule has 5 heteroatoms. The van der Waals surface area contributed by atoms with E-state index in [-0.39, 0.29) is 12.3 Å². The van der Waals surface area contributed by atoms with Crippen LogP contribution in [0, 0.1) is 0 Å². The van der Waals surface area contributed by atoms with E-state index in [2.05, 4.69) is 5.16 Å². The highest BCUT2D eigenvalue weighted by Crippen LogP contribution is 2.24. The van der Waals surface area contributed by atoms with Crippen molar-refractivity contribution in [1.82, 2.24) is 10.1 Å². The second-order valence-electron chi connectivity index (χ2n) is 5.98. The lowest BCUT2D eigenvalue weighted by Gasteiger charge is -2.20. The van der Waals surface area contributed by atoms with Crippen LogP contribution in [-0.2, 0) is 17.8 Å². The number of ether oxygens (including phenoxy) is 1. The van der Waals surface area contributed by atoms with E-state index in [9.17, 15) is 4.79 Å². The van der Waals surface area contributed by atoms with Crippen LogP contribution in [0.4, 0.5) is 0 Å². The lowest BCUT2D eigenvalue weighted by atomic mass is 10.1. The summed E-state index contributed by atoms with van der Waals surface area (Å²) >= 11 is 0. The van der Waals surface area contributed by atoms with Gasteiger partial charge in [-0.2, -0.15) is 0 Å². The second kappa shape index (κ2) is 8.34. The third-order valence-electron chi connectivity index (χ3n) is 4.20. The van der Waals surface area contributed by atoms with Gasteiger partial charge >= 0.3 is 0 Å². The summed E-state index contributed by atoms with van der Waals surface area (Å²) in [6, 6.07) is 19.3. The zero-order valence-corrected chi connectivity index (χ0v) is 15.0. The molecular weight excluding hydrogens is 328 g/mol. The molecule has 3 aromatic rings. The summed E-state index contributed by atoms with van der Waals surface area (Å²) in [6.07, 6.45) is 0.216. The third-order valence-corrected chi connectivity index (χ3v) is 4.20. The molecule has 0 fully saturated rings. The van der Waals surface area contributed by atoms with Gasteiger partial charge in [-0.3, -0.25) is 4.79 Å². The van der Waals surface area contributed by atoms with E-state index in [1.807, 2.05) is 72.5 Å². The number of aromatic nitrogens is 1. The van der Waals surface area contributed by atoms with Gasteiger partial charge in [-0.1, -0.05) is 47.6 Å². The largest absolute Gasteiger partial charge is 0.497 e. The first kappa shape index (κ1) is 17.7. The quantitative estimate of drug-likeness (QED) is 0.648. The Morgan fingerprint density at radius 3 is 2.65 bits per heavy atom. The van der Waals surface area contributed by atoms with Crippen LogP contribution in [0.25, 0.3) is 11.3 Å². The van der Waals surface area contributed by atoms with Gasteiger partial charge in [-0.15, -0.1) is 0 Å². The van der Waals surface area contributed by atoms with Crippen molar-refractivity contribution < 1.29 is 14.1 Å². The minimum Gasteiger partial charge on any atom is -0.497 e. The van der Waals surface area contributed by atoms with Crippen LogP contribution >= 0.6 is 0 Å². The Kier molecular flexibility index (Phi) is 5.69. The predicted octanol–water partition coefficient (Wildman–Crippen LogP) is 3.94. The lowest BCUT2D eigenvalue weighted by Crippen LogP contribution is -2.31. The summed E-state index contributed by atoms with van der Waals surface area (Å²) in [5, 5.41) is 4.05. The number of hydrogen-bond acceptors (Lipinski definition) is 4. The fraction of sp³-hybridized carbons (Fsp3) is 0.238. The summed E-state index contributed by atoms with van der Waals surface area (Å²) in [6.45, 7) is 3.22. The predicted molar refractivity (Wildman–Crippen MR) is 99.7 cm³/mol. The molecule has 0 unspecified atom stereocenters. The molecule has 5 nitrogen and oxygen atoms in total. The molecule has 0 aliphatic rings. The zero-order chi connectivity index (χ0) is 18.4. The normalized spacial score (nSPS) is 10.5.